The molecule has 0 spiro atoms. The number of rotatable bonds is 5. The van der Waals surface area contributed by atoms with Gasteiger partial charge in [0.25, 0.3) is 0 Å². The monoisotopic (exact) mass is 522 g/mol. The highest BCUT2D eigenvalue weighted by atomic mass is 35.5. The second-order valence-electron chi connectivity index (χ2n) is 8.84. The van der Waals surface area contributed by atoms with Crippen molar-refractivity contribution in [3.63, 3.8) is 0 Å². The Hall–Kier alpha value is -3.32. The van der Waals surface area contributed by atoms with Crippen LogP contribution in [0.2, 0.25) is 5.02 Å². The van der Waals surface area contributed by atoms with Gasteiger partial charge in [-0.05, 0) is 47.5 Å². The average molecular weight is 523 g/mol. The third-order valence-electron chi connectivity index (χ3n) is 6.35. The predicted molar refractivity (Wildman–Crippen MR) is 140 cm³/mol. The van der Waals surface area contributed by atoms with Crippen LogP contribution in [0.1, 0.15) is 6.42 Å². The molecule has 1 saturated heterocycles. The molecule has 5 rings (SSSR count). The van der Waals surface area contributed by atoms with E-state index in [0.29, 0.717) is 16.5 Å². The van der Waals surface area contributed by atoms with Crippen molar-refractivity contribution in [1.82, 2.24) is 9.78 Å². The zero-order chi connectivity index (χ0) is 24.2. The van der Waals surface area contributed by atoms with E-state index in [-0.39, 0.29) is 23.7 Å². The summed E-state index contributed by atoms with van der Waals surface area (Å²) in [6.07, 6.45) is 2.78. The molecule has 186 valence electrons. The molecule has 1 aliphatic rings. The maximum absolute atomic E-state index is 13.7. The van der Waals surface area contributed by atoms with Gasteiger partial charge in [-0.2, -0.15) is 9.78 Å². The van der Waals surface area contributed by atoms with Crippen LogP contribution in [0.3, 0.4) is 0 Å². The summed E-state index contributed by atoms with van der Waals surface area (Å²) in [5, 5.41) is 5.09. The molecule has 6 nitrogen and oxygen atoms in total. The largest absolute Gasteiger partial charge is 1.00 e. The first kappa shape index (κ1) is 25.8. The number of aromatic nitrogens is 2. The standard InChI is InChI=1S/C28H27ClN4O2.ClH/c1-31-16-5-17-32(19-18-31)26-20-30-33(24-12-10-23(29)11-13-24)28(34)27(26)35-25-14-8-22(9-15-25)21-6-3-2-4-7-21;/h2-4,6-15,20H,5,16-19H2,1H3;1H. The van der Waals surface area contributed by atoms with E-state index in [1.165, 1.54) is 9.58 Å². The van der Waals surface area contributed by atoms with Crippen LogP contribution in [0.25, 0.3) is 16.8 Å². The lowest BCUT2D eigenvalue weighted by Crippen LogP contribution is -3.09. The van der Waals surface area contributed by atoms with Crippen molar-refractivity contribution in [2.75, 3.05) is 38.1 Å². The predicted octanol–water partition coefficient (Wildman–Crippen LogP) is 1.07. The van der Waals surface area contributed by atoms with E-state index < -0.39 is 0 Å². The second kappa shape index (κ2) is 11.6. The topological polar surface area (TPSA) is 51.8 Å². The molecule has 0 amide bonds. The maximum Gasteiger partial charge on any atom is 0.316 e. The third kappa shape index (κ3) is 5.73. The van der Waals surface area contributed by atoms with Gasteiger partial charge in [-0.1, -0.05) is 54.1 Å². The number of hydrogen-bond donors (Lipinski definition) is 1. The highest BCUT2D eigenvalue weighted by Crippen LogP contribution is 2.31. The van der Waals surface area contributed by atoms with Crippen LogP contribution in [0.5, 0.6) is 11.5 Å². The van der Waals surface area contributed by atoms with Crippen LogP contribution in [-0.4, -0.2) is 43.0 Å². The van der Waals surface area contributed by atoms with Gasteiger partial charge in [0.1, 0.15) is 11.4 Å². The number of ether oxygens (including phenoxy) is 1. The SMILES string of the molecule is C[NH+]1CCCN(c2cnn(-c3ccc(Cl)cc3)c(=O)c2Oc2ccc(-c3ccccc3)cc2)CC1.[Cl-]. The van der Waals surface area contributed by atoms with E-state index in [4.69, 9.17) is 16.3 Å². The highest BCUT2D eigenvalue weighted by Gasteiger charge is 2.23. The molecule has 1 unspecified atom stereocenters. The first-order valence-corrected chi connectivity index (χ1v) is 12.2. The molecule has 2 heterocycles. The van der Waals surface area contributed by atoms with E-state index in [0.717, 1.165) is 49.4 Å². The fourth-order valence-corrected chi connectivity index (χ4v) is 4.48. The molecule has 0 saturated carbocycles. The first-order valence-electron chi connectivity index (χ1n) is 11.9. The Morgan fingerprint density at radius 1 is 0.889 bits per heavy atom. The number of likely N-dealkylation sites (N-methyl/N-ethyl adjacent to an activating group) is 1. The number of nitrogens with zero attached hydrogens (tertiary/aromatic N) is 3. The lowest BCUT2D eigenvalue weighted by atomic mass is 10.1. The Balaban J connectivity index is 0.00000304. The highest BCUT2D eigenvalue weighted by molar-refractivity contribution is 6.30. The zero-order valence-corrected chi connectivity index (χ0v) is 21.5. The zero-order valence-electron chi connectivity index (χ0n) is 20.0. The molecule has 0 aliphatic carbocycles. The minimum Gasteiger partial charge on any atom is -1.00 e. The molecule has 1 aromatic heterocycles. The average Bonchev–Trinajstić information content (AvgIpc) is 3.11. The lowest BCUT2D eigenvalue weighted by Gasteiger charge is -2.24. The Bertz CT molecular complexity index is 1340. The van der Waals surface area contributed by atoms with Gasteiger partial charge in [-0.3, -0.25) is 4.79 Å². The summed E-state index contributed by atoms with van der Waals surface area (Å²) in [5.74, 6) is 0.886. The molecule has 1 atom stereocenters. The number of anilines is 1. The molecule has 3 aromatic carbocycles. The molecule has 8 heteroatoms. The summed E-state index contributed by atoms with van der Waals surface area (Å²) in [4.78, 5) is 17.4. The number of nitrogens with one attached hydrogen (secondary N) is 1. The molecular formula is C28H28Cl2N4O2. The van der Waals surface area contributed by atoms with Crippen LogP contribution in [0.4, 0.5) is 5.69 Å². The van der Waals surface area contributed by atoms with E-state index in [9.17, 15) is 4.79 Å². The van der Waals surface area contributed by atoms with Gasteiger partial charge in [-0.15, -0.1) is 0 Å². The number of quaternary nitrogens is 1. The Labute approximate surface area is 222 Å². The van der Waals surface area contributed by atoms with Crippen molar-refractivity contribution < 1.29 is 22.0 Å². The van der Waals surface area contributed by atoms with E-state index >= 15 is 0 Å². The molecule has 1 fully saturated rings. The van der Waals surface area contributed by atoms with Crippen molar-refractivity contribution in [1.29, 1.82) is 0 Å². The summed E-state index contributed by atoms with van der Waals surface area (Å²) in [6, 6.07) is 25.0. The molecule has 1 N–H and O–H groups in total. The summed E-state index contributed by atoms with van der Waals surface area (Å²) in [6.45, 7) is 3.78. The summed E-state index contributed by atoms with van der Waals surface area (Å²) in [7, 11) is 2.20. The lowest BCUT2D eigenvalue weighted by molar-refractivity contribution is -0.876. The molecule has 0 radical (unpaired) electrons. The number of halogens is 2. The van der Waals surface area contributed by atoms with Gasteiger partial charge in [0.05, 0.1) is 38.6 Å². The maximum atomic E-state index is 13.7. The number of benzene rings is 3. The minimum absolute atomic E-state index is 0. The Morgan fingerprint density at radius 3 is 2.31 bits per heavy atom. The number of hydrogen-bond acceptors (Lipinski definition) is 4. The van der Waals surface area contributed by atoms with Crippen molar-refractivity contribution in [3.8, 4) is 28.3 Å². The quantitative estimate of drug-likeness (QED) is 0.426. The van der Waals surface area contributed by atoms with E-state index in [2.05, 4.69) is 29.2 Å². The fourth-order valence-electron chi connectivity index (χ4n) is 4.36. The van der Waals surface area contributed by atoms with Crippen molar-refractivity contribution in [2.24, 2.45) is 0 Å². The summed E-state index contributed by atoms with van der Waals surface area (Å²) >= 11 is 6.05. The van der Waals surface area contributed by atoms with E-state index in [1.807, 2.05) is 42.5 Å². The van der Waals surface area contributed by atoms with Gasteiger partial charge in [0.15, 0.2) is 0 Å². The van der Waals surface area contributed by atoms with E-state index in [1.54, 1.807) is 30.5 Å². The van der Waals surface area contributed by atoms with Gasteiger partial charge in [-0.25, -0.2) is 0 Å². The van der Waals surface area contributed by atoms with Crippen LogP contribution in [-0.2, 0) is 0 Å². The van der Waals surface area contributed by atoms with Crippen LogP contribution >= 0.6 is 11.6 Å². The van der Waals surface area contributed by atoms with Gasteiger partial charge in [0.2, 0.25) is 5.75 Å². The Kier molecular flexibility index (Phi) is 8.31. The second-order valence-corrected chi connectivity index (χ2v) is 9.28. The summed E-state index contributed by atoms with van der Waals surface area (Å²) < 4.78 is 7.65. The molecule has 4 aromatic rings. The normalized spacial score (nSPS) is 15.6. The van der Waals surface area contributed by atoms with Crippen LogP contribution in [0.15, 0.2) is 89.9 Å². The first-order chi connectivity index (χ1) is 17.1. The molecule has 0 bridgehead atoms. The summed E-state index contributed by atoms with van der Waals surface area (Å²) in [5.41, 5.74) is 3.27. The van der Waals surface area contributed by atoms with Gasteiger partial charge < -0.3 is 26.9 Å². The van der Waals surface area contributed by atoms with Crippen molar-refractivity contribution in [3.05, 3.63) is 100 Å². The third-order valence-corrected chi connectivity index (χ3v) is 6.60. The van der Waals surface area contributed by atoms with Crippen LogP contribution in [0, 0.1) is 0 Å². The van der Waals surface area contributed by atoms with Crippen LogP contribution < -0.4 is 32.5 Å². The molecule has 1 aliphatic heterocycles. The molecule has 36 heavy (non-hydrogen) atoms. The van der Waals surface area contributed by atoms with Gasteiger partial charge >= 0.3 is 5.56 Å². The van der Waals surface area contributed by atoms with Crippen molar-refractivity contribution >= 4 is 17.3 Å². The Morgan fingerprint density at radius 2 is 1.58 bits per heavy atom. The smallest absolute Gasteiger partial charge is 0.316 e. The van der Waals surface area contributed by atoms with Crippen molar-refractivity contribution in [2.45, 2.75) is 6.42 Å². The minimum atomic E-state index is -0.304. The molecular weight excluding hydrogens is 495 g/mol. The van der Waals surface area contributed by atoms with Gasteiger partial charge in [0, 0.05) is 18.0 Å². The fraction of sp³-hybridized carbons (Fsp3) is 0.214.